The largest absolute Gasteiger partial charge is 0.325 e. The highest BCUT2D eigenvalue weighted by atomic mass is 32.2. The number of thioether (sulfide) groups is 1. The normalized spacial score (nSPS) is 26.9. The van der Waals surface area contributed by atoms with E-state index in [1.54, 1.807) is 4.57 Å². The summed E-state index contributed by atoms with van der Waals surface area (Å²) in [6, 6.07) is 18.6. The molecule has 2 aromatic carbocycles. The van der Waals surface area contributed by atoms with Gasteiger partial charge < -0.3 is 5.32 Å². The molecule has 4 nitrogen and oxygen atoms in total. The number of nitrogens with zero attached hydrogens (tertiary/aromatic N) is 1. The first kappa shape index (κ1) is 23.1. The van der Waals surface area contributed by atoms with E-state index in [0.29, 0.717) is 11.2 Å². The van der Waals surface area contributed by atoms with Gasteiger partial charge in [0.05, 0.1) is 5.03 Å². The molecule has 1 aliphatic heterocycles. The van der Waals surface area contributed by atoms with Crippen LogP contribution in [0.4, 0.5) is 5.69 Å². The molecule has 2 bridgehead atoms. The molecule has 6 rings (SSSR count). The number of benzene rings is 2. The zero-order chi connectivity index (χ0) is 24.3. The number of carbonyl (C=O) groups excluding carboxylic acids is 1. The Morgan fingerprint density at radius 2 is 1.74 bits per heavy atom. The number of fused-ring (bicyclic) bond motifs is 6. The lowest BCUT2D eigenvalue weighted by Gasteiger charge is -2.40. The highest BCUT2D eigenvalue weighted by Crippen LogP contribution is 2.64. The van der Waals surface area contributed by atoms with E-state index >= 15 is 0 Å². The van der Waals surface area contributed by atoms with Gasteiger partial charge in [-0.25, -0.2) is 0 Å². The fraction of sp³-hybridized carbons (Fsp3) is 0.448. The van der Waals surface area contributed by atoms with Gasteiger partial charge in [0, 0.05) is 21.7 Å². The van der Waals surface area contributed by atoms with Crippen LogP contribution < -0.4 is 10.2 Å². The Kier molecular flexibility index (Phi) is 5.72. The van der Waals surface area contributed by atoms with Crippen molar-refractivity contribution in [3.8, 4) is 0 Å². The molecule has 2 heterocycles. The summed E-state index contributed by atoms with van der Waals surface area (Å²) in [5, 5.41) is 4.51. The van der Waals surface area contributed by atoms with Gasteiger partial charge in [-0.05, 0) is 65.7 Å². The smallest absolute Gasteiger partial charge is 0.308 e. The molecule has 3 aromatic rings. The summed E-state index contributed by atoms with van der Waals surface area (Å²) in [4.78, 5) is 27.3. The Morgan fingerprint density at radius 3 is 2.46 bits per heavy atom. The van der Waals surface area contributed by atoms with Gasteiger partial charge in [-0.1, -0.05) is 74.6 Å². The maximum absolute atomic E-state index is 13.2. The van der Waals surface area contributed by atoms with Crippen molar-refractivity contribution in [2.45, 2.75) is 68.2 Å². The molecular weight excluding hydrogens is 472 g/mol. The maximum atomic E-state index is 13.2. The lowest BCUT2D eigenvalue weighted by molar-refractivity contribution is -0.116. The van der Waals surface area contributed by atoms with Crippen LogP contribution in [-0.4, -0.2) is 15.7 Å². The predicted molar refractivity (Wildman–Crippen MR) is 145 cm³/mol. The van der Waals surface area contributed by atoms with E-state index in [1.165, 1.54) is 46.6 Å². The van der Waals surface area contributed by atoms with Crippen molar-refractivity contribution in [1.29, 1.82) is 0 Å². The molecule has 5 atom stereocenters. The summed E-state index contributed by atoms with van der Waals surface area (Å²) in [5.74, 6) is 2.14. The molecule has 3 aliphatic rings. The van der Waals surface area contributed by atoms with Crippen LogP contribution in [0.5, 0.6) is 0 Å². The number of aromatic nitrogens is 1. The van der Waals surface area contributed by atoms with Gasteiger partial charge in [-0.2, -0.15) is 0 Å². The molecule has 4 unspecified atom stereocenters. The van der Waals surface area contributed by atoms with Crippen LogP contribution in [0, 0.1) is 17.8 Å². The summed E-state index contributed by atoms with van der Waals surface area (Å²) in [5.41, 5.74) is 3.53. The third-order valence-corrected chi connectivity index (χ3v) is 11.0. The Labute approximate surface area is 215 Å². The van der Waals surface area contributed by atoms with Crippen molar-refractivity contribution in [3.63, 3.8) is 0 Å². The van der Waals surface area contributed by atoms with Crippen molar-refractivity contribution < 1.29 is 4.79 Å². The molecule has 1 amide bonds. The summed E-state index contributed by atoms with van der Waals surface area (Å²) in [7, 11) is 0. The van der Waals surface area contributed by atoms with E-state index in [4.69, 9.17) is 0 Å². The maximum Gasteiger partial charge on any atom is 0.308 e. The lowest BCUT2D eigenvalue weighted by atomic mass is 9.74. The van der Waals surface area contributed by atoms with Gasteiger partial charge in [-0.15, -0.1) is 11.8 Å². The van der Waals surface area contributed by atoms with Crippen LogP contribution >= 0.6 is 23.1 Å². The minimum absolute atomic E-state index is 0.0191. The zero-order valence-electron chi connectivity index (χ0n) is 20.5. The SMILES string of the molecule is CC(C)(C)c1ccc([C@H]2c3sc(=O)n(CC(=O)Nc4ccccc4)c3SC3C4CCC(C4)C32)cc1. The number of hydrogen-bond donors (Lipinski definition) is 1. The first-order valence-electron chi connectivity index (χ1n) is 12.6. The topological polar surface area (TPSA) is 51.1 Å². The third kappa shape index (κ3) is 4.09. The molecule has 1 N–H and O–H groups in total. The summed E-state index contributed by atoms with van der Waals surface area (Å²) < 4.78 is 1.74. The van der Waals surface area contributed by atoms with E-state index in [2.05, 4.69) is 50.4 Å². The van der Waals surface area contributed by atoms with Crippen molar-refractivity contribution in [2.75, 3.05) is 5.32 Å². The third-order valence-electron chi connectivity index (χ3n) is 8.19. The molecular formula is C29H32N2O2S2. The molecule has 0 saturated heterocycles. The van der Waals surface area contributed by atoms with E-state index < -0.39 is 0 Å². The van der Waals surface area contributed by atoms with E-state index in [1.807, 2.05) is 42.1 Å². The molecule has 2 fully saturated rings. The molecule has 6 heteroatoms. The highest BCUT2D eigenvalue weighted by molar-refractivity contribution is 8.00. The van der Waals surface area contributed by atoms with Gasteiger partial charge >= 0.3 is 4.87 Å². The van der Waals surface area contributed by atoms with Crippen LogP contribution in [0.1, 0.15) is 62.0 Å². The monoisotopic (exact) mass is 504 g/mol. The molecule has 1 aromatic heterocycles. The minimum Gasteiger partial charge on any atom is -0.325 e. The number of amides is 1. The molecule has 35 heavy (non-hydrogen) atoms. The Balaban J connectivity index is 1.37. The number of anilines is 1. The molecule has 2 aliphatic carbocycles. The average Bonchev–Trinajstić information content (AvgIpc) is 3.52. The molecule has 182 valence electrons. The fourth-order valence-electron chi connectivity index (χ4n) is 6.52. The van der Waals surface area contributed by atoms with Crippen LogP contribution in [0.2, 0.25) is 0 Å². The quantitative estimate of drug-likeness (QED) is 0.441. The van der Waals surface area contributed by atoms with Crippen molar-refractivity contribution in [3.05, 3.63) is 80.3 Å². The van der Waals surface area contributed by atoms with Gasteiger partial charge in [0.2, 0.25) is 5.91 Å². The number of nitrogens with one attached hydrogen (secondary N) is 1. The second-order valence-electron chi connectivity index (χ2n) is 11.4. The average molecular weight is 505 g/mol. The number of hydrogen-bond acceptors (Lipinski definition) is 4. The van der Waals surface area contributed by atoms with Crippen molar-refractivity contribution in [1.82, 2.24) is 4.57 Å². The Bertz CT molecular complexity index is 1300. The van der Waals surface area contributed by atoms with Crippen molar-refractivity contribution >= 4 is 34.7 Å². The van der Waals surface area contributed by atoms with Gasteiger partial charge in [0.15, 0.2) is 0 Å². The lowest BCUT2D eigenvalue weighted by Crippen LogP contribution is -2.35. The standard InChI is InChI=1S/C29H32N2O2S2/c1-29(2,3)20-13-11-17(12-14-20)23-24-18-9-10-19(15-18)25(24)34-27-26(23)35-28(33)31(27)16-22(32)30-21-7-5-4-6-8-21/h4-8,11-14,18-19,23-25H,9-10,15-16H2,1-3H3,(H,30,32)/t18?,19?,23-,24?,25?/m1/s1. The summed E-state index contributed by atoms with van der Waals surface area (Å²) in [6.45, 7) is 6.80. The Morgan fingerprint density at radius 1 is 1.03 bits per heavy atom. The predicted octanol–water partition coefficient (Wildman–Crippen LogP) is 6.50. The second kappa shape index (κ2) is 8.67. The van der Waals surface area contributed by atoms with E-state index in [0.717, 1.165) is 22.5 Å². The molecule has 0 radical (unpaired) electrons. The zero-order valence-corrected chi connectivity index (χ0v) is 22.1. The highest BCUT2D eigenvalue weighted by Gasteiger charge is 2.55. The molecule has 2 saturated carbocycles. The van der Waals surface area contributed by atoms with Crippen LogP contribution in [0.3, 0.4) is 0 Å². The van der Waals surface area contributed by atoms with Crippen LogP contribution in [-0.2, 0) is 16.8 Å². The van der Waals surface area contributed by atoms with Gasteiger partial charge in [0.1, 0.15) is 6.54 Å². The minimum atomic E-state index is -0.152. The van der Waals surface area contributed by atoms with E-state index in [-0.39, 0.29) is 28.7 Å². The first-order valence-corrected chi connectivity index (χ1v) is 14.3. The number of carbonyl (C=O) groups is 1. The van der Waals surface area contributed by atoms with Crippen molar-refractivity contribution in [2.24, 2.45) is 17.8 Å². The number of rotatable bonds is 4. The second-order valence-corrected chi connectivity index (χ2v) is 13.5. The van der Waals surface area contributed by atoms with Gasteiger partial charge in [-0.3, -0.25) is 14.2 Å². The van der Waals surface area contributed by atoms with Crippen LogP contribution in [0.15, 0.2) is 64.4 Å². The number of thiazole rings is 1. The number of para-hydroxylation sites is 1. The summed E-state index contributed by atoms with van der Waals surface area (Å²) in [6.07, 6.45) is 3.92. The van der Waals surface area contributed by atoms with Crippen LogP contribution in [0.25, 0.3) is 0 Å². The molecule has 0 spiro atoms. The fourth-order valence-corrected chi connectivity index (χ4v) is 9.67. The Hall–Kier alpha value is -2.31. The first-order chi connectivity index (χ1) is 16.8. The van der Waals surface area contributed by atoms with E-state index in [9.17, 15) is 9.59 Å². The summed E-state index contributed by atoms with van der Waals surface area (Å²) >= 11 is 3.25. The van der Waals surface area contributed by atoms with Gasteiger partial charge in [0.25, 0.3) is 0 Å².